The number of thiazole rings is 1. The zero-order chi connectivity index (χ0) is 17.5. The maximum absolute atomic E-state index is 5.57. The van der Waals surface area contributed by atoms with Crippen molar-refractivity contribution in [3.8, 4) is 0 Å². The maximum atomic E-state index is 5.57. The Morgan fingerprint density at radius 1 is 1.30 bits per heavy atom. The number of aromatic nitrogens is 1. The SMILES string of the molecule is CCNC(=NCC(OC)C(C)(C)C)NCCc1sc(C)nc1C. The number of hydrogen-bond acceptors (Lipinski definition) is 4. The third kappa shape index (κ3) is 6.87. The Morgan fingerprint density at radius 2 is 2.00 bits per heavy atom. The van der Waals surface area contributed by atoms with Crippen LogP contribution in [0.25, 0.3) is 0 Å². The fourth-order valence-corrected chi connectivity index (χ4v) is 3.25. The van der Waals surface area contributed by atoms with Gasteiger partial charge in [-0.05, 0) is 26.2 Å². The highest BCUT2D eigenvalue weighted by atomic mass is 32.1. The summed E-state index contributed by atoms with van der Waals surface area (Å²) < 4.78 is 5.57. The molecule has 0 saturated heterocycles. The molecular formula is C17H32N4OS. The first kappa shape index (κ1) is 19.9. The topological polar surface area (TPSA) is 58.5 Å². The average molecular weight is 341 g/mol. The van der Waals surface area contributed by atoms with E-state index in [9.17, 15) is 0 Å². The van der Waals surface area contributed by atoms with Crippen molar-refractivity contribution in [1.29, 1.82) is 0 Å². The van der Waals surface area contributed by atoms with Crippen LogP contribution < -0.4 is 10.6 Å². The molecule has 1 heterocycles. The van der Waals surface area contributed by atoms with E-state index in [1.807, 2.05) is 0 Å². The van der Waals surface area contributed by atoms with Crippen molar-refractivity contribution in [3.05, 3.63) is 15.6 Å². The molecular weight excluding hydrogens is 308 g/mol. The van der Waals surface area contributed by atoms with Gasteiger partial charge in [0.15, 0.2) is 5.96 Å². The van der Waals surface area contributed by atoms with Crippen molar-refractivity contribution >= 4 is 17.3 Å². The second kappa shape index (κ2) is 9.23. The fraction of sp³-hybridized carbons (Fsp3) is 0.765. The summed E-state index contributed by atoms with van der Waals surface area (Å²) in [7, 11) is 1.75. The standard InChI is InChI=1S/C17H32N4OS/c1-8-18-16(20-11-15(22-7)17(4,5)6)19-10-9-14-12(2)21-13(3)23-14/h15H,8-11H2,1-7H3,(H2,18,19,20). The summed E-state index contributed by atoms with van der Waals surface area (Å²) in [6.45, 7) is 15.1. The van der Waals surface area contributed by atoms with Crippen LogP contribution in [-0.4, -0.2) is 43.8 Å². The van der Waals surface area contributed by atoms with E-state index in [4.69, 9.17) is 4.74 Å². The van der Waals surface area contributed by atoms with Gasteiger partial charge >= 0.3 is 0 Å². The van der Waals surface area contributed by atoms with Gasteiger partial charge in [0.1, 0.15) is 0 Å². The normalized spacial score (nSPS) is 14.0. The first-order chi connectivity index (χ1) is 10.8. The molecule has 1 aromatic rings. The molecule has 0 saturated carbocycles. The highest BCUT2D eigenvalue weighted by Crippen LogP contribution is 2.21. The number of nitrogens with zero attached hydrogens (tertiary/aromatic N) is 2. The number of ether oxygens (including phenoxy) is 1. The number of aliphatic imine (C=N–C) groups is 1. The number of guanidine groups is 1. The van der Waals surface area contributed by atoms with Gasteiger partial charge in [-0.2, -0.15) is 0 Å². The number of hydrogen-bond donors (Lipinski definition) is 2. The van der Waals surface area contributed by atoms with E-state index >= 15 is 0 Å². The second-order valence-electron chi connectivity index (χ2n) is 6.73. The van der Waals surface area contributed by atoms with Crippen LogP contribution in [0.4, 0.5) is 0 Å². The molecule has 6 heteroatoms. The van der Waals surface area contributed by atoms with Gasteiger partial charge in [-0.15, -0.1) is 11.3 Å². The molecule has 0 spiro atoms. The second-order valence-corrected chi connectivity index (χ2v) is 8.02. The van der Waals surface area contributed by atoms with Gasteiger partial charge in [-0.3, -0.25) is 4.99 Å². The van der Waals surface area contributed by atoms with Crippen LogP contribution in [0, 0.1) is 19.3 Å². The monoisotopic (exact) mass is 340 g/mol. The van der Waals surface area contributed by atoms with Crippen molar-refractivity contribution in [2.75, 3.05) is 26.7 Å². The van der Waals surface area contributed by atoms with Crippen LogP contribution in [0.15, 0.2) is 4.99 Å². The number of nitrogens with one attached hydrogen (secondary N) is 2. The molecule has 0 radical (unpaired) electrons. The molecule has 2 N–H and O–H groups in total. The minimum atomic E-state index is 0.0762. The van der Waals surface area contributed by atoms with Gasteiger partial charge in [0.25, 0.3) is 0 Å². The molecule has 1 atom stereocenters. The number of aryl methyl sites for hydroxylation is 2. The van der Waals surface area contributed by atoms with E-state index in [-0.39, 0.29) is 11.5 Å². The van der Waals surface area contributed by atoms with Crippen LogP contribution in [0.1, 0.15) is 43.3 Å². The zero-order valence-electron chi connectivity index (χ0n) is 15.6. The Labute approximate surface area is 145 Å². The van der Waals surface area contributed by atoms with Gasteiger partial charge in [0, 0.05) is 31.5 Å². The molecule has 1 aromatic heterocycles. The lowest BCUT2D eigenvalue weighted by atomic mass is 9.89. The van der Waals surface area contributed by atoms with Crippen LogP contribution >= 0.6 is 11.3 Å². The molecule has 23 heavy (non-hydrogen) atoms. The summed E-state index contributed by atoms with van der Waals surface area (Å²) in [5, 5.41) is 7.82. The quantitative estimate of drug-likeness (QED) is 0.592. The molecule has 0 aliphatic rings. The summed E-state index contributed by atoms with van der Waals surface area (Å²) in [5.74, 6) is 0.845. The Morgan fingerprint density at radius 3 is 2.48 bits per heavy atom. The molecule has 5 nitrogen and oxygen atoms in total. The largest absolute Gasteiger partial charge is 0.379 e. The zero-order valence-corrected chi connectivity index (χ0v) is 16.4. The third-order valence-electron chi connectivity index (χ3n) is 3.65. The van der Waals surface area contributed by atoms with Gasteiger partial charge < -0.3 is 15.4 Å². The van der Waals surface area contributed by atoms with Crippen LogP contribution in [-0.2, 0) is 11.2 Å². The first-order valence-corrected chi connectivity index (χ1v) is 9.07. The Bertz CT molecular complexity index is 505. The molecule has 0 fully saturated rings. The van der Waals surface area contributed by atoms with Gasteiger partial charge in [-0.1, -0.05) is 20.8 Å². The van der Waals surface area contributed by atoms with Crippen molar-refractivity contribution in [2.45, 2.75) is 54.1 Å². The van der Waals surface area contributed by atoms with Gasteiger partial charge in [-0.25, -0.2) is 4.98 Å². The van der Waals surface area contributed by atoms with E-state index < -0.39 is 0 Å². The lowest BCUT2D eigenvalue weighted by Crippen LogP contribution is -2.40. The molecule has 0 amide bonds. The predicted molar refractivity (Wildman–Crippen MR) is 99.5 cm³/mol. The summed E-state index contributed by atoms with van der Waals surface area (Å²) in [6.07, 6.45) is 1.07. The van der Waals surface area contributed by atoms with Crippen molar-refractivity contribution in [3.63, 3.8) is 0 Å². The van der Waals surface area contributed by atoms with E-state index in [2.05, 4.69) is 62.2 Å². The van der Waals surface area contributed by atoms with Crippen LogP contribution in [0.2, 0.25) is 0 Å². The highest BCUT2D eigenvalue weighted by molar-refractivity contribution is 7.11. The van der Waals surface area contributed by atoms with E-state index in [1.165, 1.54) is 4.88 Å². The Kier molecular flexibility index (Phi) is 7.99. The molecule has 0 aliphatic carbocycles. The molecule has 132 valence electrons. The Balaban J connectivity index is 2.57. The fourth-order valence-electron chi connectivity index (χ4n) is 2.32. The van der Waals surface area contributed by atoms with E-state index in [0.717, 1.165) is 36.2 Å². The average Bonchev–Trinajstić information content (AvgIpc) is 2.76. The van der Waals surface area contributed by atoms with Crippen LogP contribution in [0.5, 0.6) is 0 Å². The molecule has 1 rings (SSSR count). The van der Waals surface area contributed by atoms with Crippen LogP contribution in [0.3, 0.4) is 0 Å². The number of methoxy groups -OCH3 is 1. The number of rotatable bonds is 7. The smallest absolute Gasteiger partial charge is 0.191 e. The van der Waals surface area contributed by atoms with Crippen molar-refractivity contribution in [1.82, 2.24) is 15.6 Å². The van der Waals surface area contributed by atoms with E-state index in [1.54, 1.807) is 18.4 Å². The molecule has 0 aliphatic heterocycles. The van der Waals surface area contributed by atoms with Gasteiger partial charge in [0.2, 0.25) is 0 Å². The lowest BCUT2D eigenvalue weighted by Gasteiger charge is -2.28. The summed E-state index contributed by atoms with van der Waals surface area (Å²) in [5.41, 5.74) is 1.22. The van der Waals surface area contributed by atoms with Crippen molar-refractivity contribution in [2.24, 2.45) is 10.4 Å². The maximum Gasteiger partial charge on any atom is 0.191 e. The lowest BCUT2D eigenvalue weighted by molar-refractivity contribution is 0.0241. The summed E-state index contributed by atoms with van der Waals surface area (Å²) in [4.78, 5) is 10.5. The highest BCUT2D eigenvalue weighted by Gasteiger charge is 2.24. The molecule has 0 bridgehead atoms. The first-order valence-electron chi connectivity index (χ1n) is 8.25. The minimum Gasteiger partial charge on any atom is -0.379 e. The van der Waals surface area contributed by atoms with Crippen molar-refractivity contribution < 1.29 is 4.74 Å². The Hall–Kier alpha value is -1.14. The molecule has 1 unspecified atom stereocenters. The van der Waals surface area contributed by atoms with Gasteiger partial charge in [0.05, 0.1) is 23.4 Å². The minimum absolute atomic E-state index is 0.0762. The summed E-state index contributed by atoms with van der Waals surface area (Å²) in [6, 6.07) is 0. The van der Waals surface area contributed by atoms with E-state index in [0.29, 0.717) is 6.54 Å². The molecule has 0 aromatic carbocycles. The summed E-state index contributed by atoms with van der Waals surface area (Å²) >= 11 is 1.77. The third-order valence-corrected chi connectivity index (χ3v) is 4.79. The predicted octanol–water partition coefficient (Wildman–Crippen LogP) is 2.92.